The van der Waals surface area contributed by atoms with Crippen molar-refractivity contribution in [3.05, 3.63) is 33.7 Å². The minimum Gasteiger partial charge on any atom is -0.471 e. The van der Waals surface area contributed by atoms with Crippen LogP contribution in [0, 0.1) is 0 Å². The van der Waals surface area contributed by atoms with Gasteiger partial charge in [0.25, 0.3) is 5.56 Å². The summed E-state index contributed by atoms with van der Waals surface area (Å²) in [6.07, 6.45) is 3.67. The van der Waals surface area contributed by atoms with Gasteiger partial charge in [0.15, 0.2) is 11.0 Å². The maximum Gasteiger partial charge on any atom is 0.257 e. The number of hydrogen-bond acceptors (Lipinski definition) is 8. The number of aryl methyl sites for hydroxylation is 1. The first-order valence-corrected chi connectivity index (χ1v) is 11.7. The van der Waals surface area contributed by atoms with Gasteiger partial charge in [-0.15, -0.1) is 10.2 Å². The molecule has 0 aromatic carbocycles. The molecule has 4 heterocycles. The summed E-state index contributed by atoms with van der Waals surface area (Å²) in [7, 11) is 3.81. The largest absolute Gasteiger partial charge is 0.471 e. The highest BCUT2D eigenvalue weighted by Gasteiger charge is 2.34. The number of fused-ring (bicyclic) bond motifs is 2. The topological polar surface area (TPSA) is 93.5 Å². The van der Waals surface area contributed by atoms with Gasteiger partial charge in [-0.2, -0.15) is 0 Å². The highest BCUT2D eigenvalue weighted by atomic mass is 32.2. The van der Waals surface area contributed by atoms with E-state index in [1.807, 2.05) is 30.0 Å². The fraction of sp³-hybridized carbons (Fsp3) is 0.571. The van der Waals surface area contributed by atoms with Crippen molar-refractivity contribution in [3.8, 4) is 5.88 Å². The summed E-state index contributed by atoms with van der Waals surface area (Å²) in [5.41, 5.74) is 1.86. The number of likely N-dealkylation sites (tertiary alicyclic amines) is 1. The Morgan fingerprint density at radius 3 is 2.94 bits per heavy atom. The average molecular weight is 443 g/mol. The lowest BCUT2D eigenvalue weighted by atomic mass is 10.2. The van der Waals surface area contributed by atoms with E-state index in [9.17, 15) is 9.59 Å². The Bertz CT molecular complexity index is 1050. The molecule has 31 heavy (non-hydrogen) atoms. The van der Waals surface area contributed by atoms with Crippen LogP contribution < -0.4 is 15.2 Å². The summed E-state index contributed by atoms with van der Waals surface area (Å²) >= 11 is 1.58. The van der Waals surface area contributed by atoms with E-state index >= 15 is 0 Å². The predicted molar refractivity (Wildman–Crippen MR) is 117 cm³/mol. The number of anilines is 1. The molecule has 0 radical (unpaired) electrons. The van der Waals surface area contributed by atoms with Crippen LogP contribution in [0.25, 0.3) is 0 Å². The zero-order valence-electron chi connectivity index (χ0n) is 17.8. The first-order chi connectivity index (χ1) is 15.0. The summed E-state index contributed by atoms with van der Waals surface area (Å²) in [5.74, 6) is 2.02. The van der Waals surface area contributed by atoms with E-state index in [0.717, 1.165) is 53.7 Å². The van der Waals surface area contributed by atoms with E-state index < -0.39 is 0 Å². The number of carbonyl (C=O) groups excluding carboxylic acids is 1. The molecule has 0 N–H and O–H groups in total. The summed E-state index contributed by atoms with van der Waals surface area (Å²) in [6, 6.07) is 3.54. The molecule has 5 rings (SSSR count). The van der Waals surface area contributed by atoms with Crippen LogP contribution in [0.15, 0.2) is 22.1 Å². The number of ether oxygens (including phenoxy) is 1. The van der Waals surface area contributed by atoms with E-state index in [0.29, 0.717) is 25.4 Å². The highest BCUT2D eigenvalue weighted by molar-refractivity contribution is 7.99. The quantitative estimate of drug-likeness (QED) is 0.640. The van der Waals surface area contributed by atoms with E-state index in [1.54, 1.807) is 22.4 Å². The molecule has 0 saturated carbocycles. The standard InChI is InChI=1S/C21H26N6O3S/c1-25(2)17-6-7-18(24-23-17)30-14-8-9-26(11-14)19(28)10-13-12-31-21-22-16-5-3-4-15(16)20(29)27(13)21/h6-7,13-14H,3-5,8-12H2,1-2H3. The molecule has 2 aromatic heterocycles. The van der Waals surface area contributed by atoms with Gasteiger partial charge in [0.05, 0.1) is 18.3 Å². The summed E-state index contributed by atoms with van der Waals surface area (Å²) in [4.78, 5) is 34.3. The molecule has 1 amide bonds. The van der Waals surface area contributed by atoms with Gasteiger partial charge >= 0.3 is 0 Å². The third-order valence-electron chi connectivity index (χ3n) is 6.15. The Morgan fingerprint density at radius 2 is 2.16 bits per heavy atom. The van der Waals surface area contributed by atoms with Gasteiger partial charge < -0.3 is 14.5 Å². The maximum atomic E-state index is 13.0. The predicted octanol–water partition coefficient (Wildman–Crippen LogP) is 1.30. The number of nitrogens with zero attached hydrogens (tertiary/aromatic N) is 6. The molecule has 3 aliphatic rings. The lowest BCUT2D eigenvalue weighted by Crippen LogP contribution is -2.35. The third kappa shape index (κ3) is 3.88. The van der Waals surface area contributed by atoms with Crippen molar-refractivity contribution in [1.29, 1.82) is 0 Å². The van der Waals surface area contributed by atoms with Crippen molar-refractivity contribution in [1.82, 2.24) is 24.6 Å². The SMILES string of the molecule is CN(C)c1ccc(OC2CCN(C(=O)CC3CSc4nc5c(c(=O)n43)CCC5)C2)nn1. The molecular formula is C21H26N6O3S. The Hall–Kier alpha value is -2.62. The van der Waals surface area contributed by atoms with E-state index in [1.165, 1.54) is 0 Å². The Labute approximate surface area is 184 Å². The second-order valence-electron chi connectivity index (χ2n) is 8.51. The molecule has 9 nitrogen and oxygen atoms in total. The molecule has 0 spiro atoms. The Kier molecular flexibility index (Phi) is 5.33. The smallest absolute Gasteiger partial charge is 0.257 e. The molecule has 1 fully saturated rings. The van der Waals surface area contributed by atoms with Crippen molar-refractivity contribution >= 4 is 23.5 Å². The van der Waals surface area contributed by atoms with Crippen LogP contribution in [-0.2, 0) is 17.6 Å². The van der Waals surface area contributed by atoms with E-state index in [2.05, 4.69) is 10.2 Å². The Morgan fingerprint density at radius 1 is 1.29 bits per heavy atom. The van der Waals surface area contributed by atoms with Gasteiger partial charge in [0.1, 0.15) is 6.10 Å². The first-order valence-electron chi connectivity index (χ1n) is 10.7. The number of thioether (sulfide) groups is 1. The summed E-state index contributed by atoms with van der Waals surface area (Å²) < 4.78 is 7.69. The molecule has 1 saturated heterocycles. The summed E-state index contributed by atoms with van der Waals surface area (Å²) in [5, 5.41) is 9.01. The zero-order chi connectivity index (χ0) is 21.5. The molecule has 2 aliphatic heterocycles. The minimum absolute atomic E-state index is 0.0580. The van der Waals surface area contributed by atoms with Gasteiger partial charge in [0.2, 0.25) is 11.8 Å². The monoisotopic (exact) mass is 442 g/mol. The van der Waals surface area contributed by atoms with Crippen LogP contribution in [0.5, 0.6) is 5.88 Å². The lowest BCUT2D eigenvalue weighted by molar-refractivity contribution is -0.131. The minimum atomic E-state index is -0.122. The van der Waals surface area contributed by atoms with Crippen LogP contribution >= 0.6 is 11.8 Å². The fourth-order valence-corrected chi connectivity index (χ4v) is 5.62. The van der Waals surface area contributed by atoms with E-state index in [4.69, 9.17) is 9.72 Å². The van der Waals surface area contributed by atoms with Gasteiger partial charge in [-0.3, -0.25) is 14.2 Å². The second-order valence-corrected chi connectivity index (χ2v) is 9.50. The Balaban J connectivity index is 1.21. The lowest BCUT2D eigenvalue weighted by Gasteiger charge is -2.20. The first kappa shape index (κ1) is 20.3. The number of carbonyl (C=O) groups is 1. The normalized spacial score (nSPS) is 21.8. The van der Waals surface area contributed by atoms with Gasteiger partial charge in [-0.1, -0.05) is 11.8 Å². The number of amides is 1. The number of hydrogen-bond donors (Lipinski definition) is 0. The van der Waals surface area contributed by atoms with Crippen molar-refractivity contribution in [2.75, 3.05) is 37.8 Å². The second kappa shape index (κ2) is 8.14. The molecule has 164 valence electrons. The zero-order valence-corrected chi connectivity index (χ0v) is 18.6. The van der Waals surface area contributed by atoms with E-state index in [-0.39, 0.29) is 23.6 Å². The van der Waals surface area contributed by atoms with Crippen LogP contribution in [-0.4, -0.2) is 69.6 Å². The number of aromatic nitrogens is 4. The molecule has 2 aromatic rings. The van der Waals surface area contributed by atoms with Crippen LogP contribution in [0.2, 0.25) is 0 Å². The third-order valence-corrected chi connectivity index (χ3v) is 7.25. The molecule has 0 bridgehead atoms. The average Bonchev–Trinajstić information content (AvgIpc) is 3.49. The highest BCUT2D eigenvalue weighted by Crippen LogP contribution is 2.34. The van der Waals surface area contributed by atoms with Gasteiger partial charge in [0, 0.05) is 50.9 Å². The van der Waals surface area contributed by atoms with Gasteiger partial charge in [-0.05, 0) is 25.3 Å². The number of rotatable bonds is 5. The maximum absolute atomic E-state index is 13.0. The van der Waals surface area contributed by atoms with Crippen molar-refractivity contribution in [3.63, 3.8) is 0 Å². The molecule has 2 atom stereocenters. The molecular weight excluding hydrogens is 416 g/mol. The molecule has 2 unspecified atom stereocenters. The van der Waals surface area contributed by atoms with Gasteiger partial charge in [-0.25, -0.2) is 4.98 Å². The van der Waals surface area contributed by atoms with Crippen LogP contribution in [0.1, 0.15) is 36.6 Å². The van der Waals surface area contributed by atoms with Crippen molar-refractivity contribution < 1.29 is 9.53 Å². The van der Waals surface area contributed by atoms with Crippen LogP contribution in [0.3, 0.4) is 0 Å². The van der Waals surface area contributed by atoms with Crippen molar-refractivity contribution in [2.45, 2.75) is 49.4 Å². The molecule has 1 aliphatic carbocycles. The van der Waals surface area contributed by atoms with Crippen LogP contribution in [0.4, 0.5) is 5.82 Å². The fourth-order valence-electron chi connectivity index (χ4n) is 4.47. The summed E-state index contributed by atoms with van der Waals surface area (Å²) in [6.45, 7) is 1.18. The van der Waals surface area contributed by atoms with Crippen molar-refractivity contribution in [2.24, 2.45) is 0 Å². The molecule has 10 heteroatoms.